The van der Waals surface area contributed by atoms with E-state index in [2.05, 4.69) is 5.32 Å². The third kappa shape index (κ3) is 6.28. The molecule has 2 aromatic carbocycles. The third-order valence-corrected chi connectivity index (χ3v) is 7.61. The van der Waals surface area contributed by atoms with Crippen LogP contribution in [-0.2, 0) is 21.2 Å². The highest BCUT2D eigenvalue weighted by atomic mass is 32.2. The van der Waals surface area contributed by atoms with Gasteiger partial charge in [0.05, 0.1) is 16.5 Å². The van der Waals surface area contributed by atoms with E-state index in [-0.39, 0.29) is 10.4 Å². The van der Waals surface area contributed by atoms with Crippen LogP contribution >= 0.6 is 0 Å². The summed E-state index contributed by atoms with van der Waals surface area (Å²) in [6.45, 7) is -0.573. The first-order valence-electron chi connectivity index (χ1n) is 11.5. The van der Waals surface area contributed by atoms with Gasteiger partial charge in [0.1, 0.15) is 12.4 Å². The van der Waals surface area contributed by atoms with Crippen molar-refractivity contribution in [1.82, 2.24) is 9.29 Å². The van der Waals surface area contributed by atoms with Crippen LogP contribution in [-0.4, -0.2) is 50.5 Å². The highest BCUT2D eigenvalue weighted by Crippen LogP contribution is 2.28. The zero-order valence-electron chi connectivity index (χ0n) is 19.6. The molecular formula is C26H25F5N2O3S. The molecule has 11 heteroatoms. The summed E-state index contributed by atoms with van der Waals surface area (Å²) in [5.74, 6) is -4.76. The van der Waals surface area contributed by atoms with Crippen molar-refractivity contribution < 1.29 is 35.1 Å². The lowest BCUT2D eigenvalue weighted by atomic mass is 10.0. The van der Waals surface area contributed by atoms with E-state index in [1.807, 2.05) is 0 Å². The molecular weight excluding hydrogens is 515 g/mol. The molecule has 0 amide bonds. The Balaban J connectivity index is 1.42. The van der Waals surface area contributed by atoms with Crippen molar-refractivity contribution in [2.45, 2.75) is 36.2 Å². The maximum Gasteiger partial charge on any atom is 0.330 e. The predicted molar refractivity (Wildman–Crippen MR) is 130 cm³/mol. The largest absolute Gasteiger partial charge is 0.367 e. The molecule has 1 aliphatic rings. The van der Waals surface area contributed by atoms with E-state index in [0.29, 0.717) is 36.9 Å². The Morgan fingerprint density at radius 1 is 1.14 bits per heavy atom. The second-order valence-electron chi connectivity index (χ2n) is 8.65. The monoisotopic (exact) mass is 540 g/mol. The summed E-state index contributed by atoms with van der Waals surface area (Å²) in [7, 11) is -3.94. The zero-order chi connectivity index (χ0) is 26.6. The van der Waals surface area contributed by atoms with Gasteiger partial charge in [-0.05, 0) is 60.9 Å². The number of nitrogens with zero attached hydrogens (tertiary/aromatic N) is 1. The molecule has 1 heterocycles. The summed E-state index contributed by atoms with van der Waals surface area (Å²) in [6, 6.07) is 11.9. The molecule has 198 valence electrons. The number of rotatable bonds is 11. The minimum absolute atomic E-state index is 0.0833. The van der Waals surface area contributed by atoms with Gasteiger partial charge in [-0.3, -0.25) is 0 Å². The van der Waals surface area contributed by atoms with Gasteiger partial charge in [-0.15, -0.1) is 0 Å². The molecule has 0 saturated carbocycles. The van der Waals surface area contributed by atoms with E-state index in [1.165, 1.54) is 30.5 Å². The Morgan fingerprint density at radius 3 is 2.62 bits per heavy atom. The first-order valence-corrected chi connectivity index (χ1v) is 13.0. The molecule has 1 aromatic heterocycles. The van der Waals surface area contributed by atoms with Crippen LogP contribution in [0, 0.1) is 5.82 Å². The van der Waals surface area contributed by atoms with Gasteiger partial charge in [-0.1, -0.05) is 36.4 Å². The van der Waals surface area contributed by atoms with Gasteiger partial charge in [0.25, 0.3) is 10.0 Å². The summed E-state index contributed by atoms with van der Waals surface area (Å²) >= 11 is 0. The highest BCUT2D eigenvalue weighted by molar-refractivity contribution is 7.90. The summed E-state index contributed by atoms with van der Waals surface area (Å²) in [5.41, 5.74) is 1.68. The van der Waals surface area contributed by atoms with Gasteiger partial charge in [0.15, 0.2) is 0 Å². The van der Waals surface area contributed by atoms with Crippen molar-refractivity contribution >= 4 is 20.9 Å². The molecule has 1 N–H and O–H groups in total. The average molecular weight is 541 g/mol. The minimum Gasteiger partial charge on any atom is -0.367 e. The highest BCUT2D eigenvalue weighted by Gasteiger charge is 2.41. The Labute approximate surface area is 211 Å². The van der Waals surface area contributed by atoms with Crippen molar-refractivity contribution in [1.29, 1.82) is 0 Å². The number of alkyl halides is 4. The lowest BCUT2D eigenvalue weighted by molar-refractivity contribution is -0.171. The number of hydrogen-bond donors (Lipinski definition) is 1. The second kappa shape index (κ2) is 11.2. The number of nitrogens with one attached hydrogen (secondary N) is 1. The molecule has 0 saturated heterocycles. The first kappa shape index (κ1) is 27.0. The van der Waals surface area contributed by atoms with E-state index < -0.39 is 40.9 Å². The Hall–Kier alpha value is -3.02. The van der Waals surface area contributed by atoms with E-state index in [9.17, 15) is 30.4 Å². The van der Waals surface area contributed by atoms with Crippen LogP contribution in [0.2, 0.25) is 0 Å². The predicted octanol–water partition coefficient (Wildman–Crippen LogP) is 5.32. The number of fused-ring (bicyclic) bond motifs is 1. The maximum absolute atomic E-state index is 14.0. The molecule has 5 nitrogen and oxygen atoms in total. The fraction of sp³-hybridized carbons (Fsp3) is 0.308. The third-order valence-electron chi connectivity index (χ3n) is 5.93. The fourth-order valence-corrected chi connectivity index (χ4v) is 5.43. The zero-order valence-corrected chi connectivity index (χ0v) is 20.4. The van der Waals surface area contributed by atoms with Gasteiger partial charge in [0.2, 0.25) is 0 Å². The molecule has 3 aromatic rings. The molecule has 4 rings (SSSR count). The average Bonchev–Trinajstić information content (AvgIpc) is 3.24. The summed E-state index contributed by atoms with van der Waals surface area (Å²) in [6.07, 6.45) is 2.81. The second-order valence-corrected chi connectivity index (χ2v) is 10.5. The molecule has 0 radical (unpaired) electrons. The molecule has 0 unspecified atom stereocenters. The lowest BCUT2D eigenvalue weighted by Crippen LogP contribution is -2.34. The molecule has 1 atom stereocenters. The van der Waals surface area contributed by atoms with Crippen molar-refractivity contribution in [3.63, 3.8) is 0 Å². The van der Waals surface area contributed by atoms with Gasteiger partial charge >= 0.3 is 12.3 Å². The van der Waals surface area contributed by atoms with Crippen molar-refractivity contribution in [3.8, 4) is 0 Å². The van der Waals surface area contributed by atoms with Crippen molar-refractivity contribution in [2.24, 2.45) is 0 Å². The van der Waals surface area contributed by atoms with E-state index in [1.54, 1.807) is 42.5 Å². The van der Waals surface area contributed by atoms with Gasteiger partial charge in [-0.25, -0.2) is 25.6 Å². The number of aromatic nitrogens is 1. The normalized spacial score (nSPS) is 16.5. The first-order chi connectivity index (χ1) is 17.6. The van der Waals surface area contributed by atoms with Gasteiger partial charge in [0, 0.05) is 18.1 Å². The molecule has 0 bridgehead atoms. The van der Waals surface area contributed by atoms with E-state index in [0.717, 1.165) is 9.55 Å². The van der Waals surface area contributed by atoms with Crippen LogP contribution in [0.25, 0.3) is 10.9 Å². The van der Waals surface area contributed by atoms with Gasteiger partial charge in [-0.2, -0.15) is 8.78 Å². The smallest absolute Gasteiger partial charge is 0.330 e. The van der Waals surface area contributed by atoms with Crippen LogP contribution in [0.1, 0.15) is 12.0 Å². The quantitative estimate of drug-likeness (QED) is 0.264. The Kier molecular flexibility index (Phi) is 8.15. The Bertz CT molecular complexity index is 1400. The standard InChI is InChI=1S/C26H25F5N2O3S/c27-20-9-10-23-19(16-33(24(23)14-20)37(34,35)22-7-2-1-3-8-22)11-12-32-15-18-5-4-6-21(13-18)36-17-26(30,31)25(28)29/h1-5,7-10,13-14,16,21,25,32H,6,11-12,15,17H2/t21-/m1/s1. The lowest BCUT2D eigenvalue weighted by Gasteiger charge is -2.21. The molecule has 0 aliphatic heterocycles. The van der Waals surface area contributed by atoms with Crippen LogP contribution in [0.15, 0.2) is 83.4 Å². The number of hydrogen-bond acceptors (Lipinski definition) is 4. The topological polar surface area (TPSA) is 60.3 Å². The number of benzene rings is 2. The molecule has 37 heavy (non-hydrogen) atoms. The van der Waals surface area contributed by atoms with Gasteiger partial charge < -0.3 is 10.1 Å². The summed E-state index contributed by atoms with van der Waals surface area (Å²) < 4.78 is 97.4. The summed E-state index contributed by atoms with van der Waals surface area (Å²) in [4.78, 5) is 0.0833. The minimum atomic E-state index is -4.20. The molecule has 1 aliphatic carbocycles. The van der Waals surface area contributed by atoms with Crippen LogP contribution in [0.5, 0.6) is 0 Å². The molecule has 0 spiro atoms. The van der Waals surface area contributed by atoms with Crippen molar-refractivity contribution in [3.05, 3.63) is 89.9 Å². The van der Waals surface area contributed by atoms with Crippen LogP contribution < -0.4 is 5.32 Å². The van der Waals surface area contributed by atoms with E-state index >= 15 is 0 Å². The van der Waals surface area contributed by atoms with Crippen LogP contribution in [0.4, 0.5) is 22.0 Å². The Morgan fingerprint density at radius 2 is 1.89 bits per heavy atom. The maximum atomic E-state index is 14.0. The molecule has 0 fully saturated rings. The summed E-state index contributed by atoms with van der Waals surface area (Å²) in [5, 5.41) is 3.80. The fourth-order valence-electron chi connectivity index (χ4n) is 4.03. The SMILES string of the molecule is O=S(=O)(c1ccccc1)n1cc(CCNCC2=C[C@H](OCC(F)(F)C(F)F)CC=C2)c2ccc(F)cc21. The van der Waals surface area contributed by atoms with Crippen molar-refractivity contribution in [2.75, 3.05) is 19.7 Å². The number of halogens is 5. The van der Waals surface area contributed by atoms with Crippen LogP contribution in [0.3, 0.4) is 0 Å². The van der Waals surface area contributed by atoms with E-state index in [4.69, 9.17) is 4.74 Å². The number of ether oxygens (including phenoxy) is 1.